The van der Waals surface area contributed by atoms with Crippen molar-refractivity contribution in [2.24, 2.45) is 5.41 Å². The van der Waals surface area contributed by atoms with E-state index in [0.29, 0.717) is 18.4 Å². The monoisotopic (exact) mass is 213 g/mol. The lowest BCUT2D eigenvalue weighted by Gasteiger charge is -2.27. The summed E-state index contributed by atoms with van der Waals surface area (Å²) < 4.78 is 18.3. The van der Waals surface area contributed by atoms with Gasteiger partial charge in [-0.05, 0) is 24.7 Å². The Morgan fingerprint density at radius 3 is 2.87 bits per heavy atom. The highest BCUT2D eigenvalue weighted by atomic mass is 19.1. The van der Waals surface area contributed by atoms with E-state index in [9.17, 15) is 9.18 Å². The Morgan fingerprint density at radius 1 is 1.53 bits per heavy atom. The van der Waals surface area contributed by atoms with Gasteiger partial charge in [-0.3, -0.25) is 9.69 Å². The molecule has 0 aromatic rings. The van der Waals surface area contributed by atoms with Crippen molar-refractivity contribution < 1.29 is 13.9 Å². The van der Waals surface area contributed by atoms with Crippen molar-refractivity contribution in [3.05, 3.63) is 0 Å². The van der Waals surface area contributed by atoms with Gasteiger partial charge in [0.2, 0.25) is 0 Å². The lowest BCUT2D eigenvalue weighted by molar-refractivity contribution is -0.151. The number of hydrogen-bond acceptors (Lipinski definition) is 3. The average molecular weight is 213 g/mol. The number of esters is 1. The molecule has 3 aliphatic rings. The fraction of sp³-hybridized carbons (Fsp3) is 0.909. The summed E-state index contributed by atoms with van der Waals surface area (Å²) in [4.78, 5) is 13.9. The largest absolute Gasteiger partial charge is 0.468 e. The number of halogens is 1. The molecule has 0 bridgehead atoms. The van der Waals surface area contributed by atoms with E-state index in [1.807, 2.05) is 4.90 Å². The van der Waals surface area contributed by atoms with Gasteiger partial charge in [-0.15, -0.1) is 0 Å². The van der Waals surface area contributed by atoms with E-state index in [2.05, 4.69) is 0 Å². The van der Waals surface area contributed by atoms with Crippen molar-refractivity contribution in [3.8, 4) is 0 Å². The van der Waals surface area contributed by atoms with Crippen LogP contribution in [0.5, 0.6) is 0 Å². The lowest BCUT2D eigenvalue weighted by atomic mass is 9.88. The van der Waals surface area contributed by atoms with Gasteiger partial charge < -0.3 is 4.74 Å². The standard InChI is InChI=1S/C11H16FNO2/c1-15-9(14)11-4-8(12)5-13(11)7-10(6-11)2-3-10/h8H,2-7H2,1H3. The molecule has 4 heteroatoms. The molecule has 2 aliphatic heterocycles. The second-order valence-corrected chi connectivity index (χ2v) is 5.38. The molecule has 3 fully saturated rings. The molecule has 3 nitrogen and oxygen atoms in total. The first-order valence-electron chi connectivity index (χ1n) is 5.58. The zero-order valence-corrected chi connectivity index (χ0v) is 8.96. The molecule has 15 heavy (non-hydrogen) atoms. The number of hydrogen-bond donors (Lipinski definition) is 0. The number of alkyl halides is 1. The summed E-state index contributed by atoms with van der Waals surface area (Å²) in [6.45, 7) is 1.30. The first kappa shape index (κ1) is 9.58. The van der Waals surface area contributed by atoms with E-state index in [4.69, 9.17) is 4.74 Å². The van der Waals surface area contributed by atoms with Crippen molar-refractivity contribution in [2.45, 2.75) is 37.4 Å². The van der Waals surface area contributed by atoms with Crippen molar-refractivity contribution in [2.75, 3.05) is 20.2 Å². The van der Waals surface area contributed by atoms with Crippen LogP contribution in [-0.2, 0) is 9.53 Å². The minimum Gasteiger partial charge on any atom is -0.468 e. The van der Waals surface area contributed by atoms with Crippen molar-refractivity contribution >= 4 is 5.97 Å². The minimum atomic E-state index is -0.861. The molecule has 84 valence electrons. The molecule has 1 aliphatic carbocycles. The number of carbonyl (C=O) groups excluding carboxylic acids is 1. The van der Waals surface area contributed by atoms with E-state index in [-0.39, 0.29) is 5.97 Å². The van der Waals surface area contributed by atoms with E-state index in [0.717, 1.165) is 13.0 Å². The Labute approximate surface area is 88.6 Å². The molecular weight excluding hydrogens is 197 g/mol. The lowest BCUT2D eigenvalue weighted by Crippen LogP contribution is -2.46. The third-order valence-corrected chi connectivity index (χ3v) is 4.30. The van der Waals surface area contributed by atoms with Gasteiger partial charge in [0.25, 0.3) is 0 Å². The molecule has 0 N–H and O–H groups in total. The zero-order chi connectivity index (χ0) is 10.7. The van der Waals surface area contributed by atoms with Gasteiger partial charge in [0.05, 0.1) is 7.11 Å². The Hall–Kier alpha value is -0.640. The molecule has 0 radical (unpaired) electrons. The second kappa shape index (κ2) is 2.73. The van der Waals surface area contributed by atoms with E-state index in [1.54, 1.807) is 0 Å². The maximum atomic E-state index is 13.4. The smallest absolute Gasteiger partial charge is 0.326 e. The molecule has 3 rings (SSSR count). The van der Waals surface area contributed by atoms with Crippen LogP contribution in [-0.4, -0.2) is 42.8 Å². The van der Waals surface area contributed by atoms with Gasteiger partial charge in [0.15, 0.2) is 0 Å². The Morgan fingerprint density at radius 2 is 2.27 bits per heavy atom. The second-order valence-electron chi connectivity index (χ2n) is 5.38. The van der Waals surface area contributed by atoms with E-state index < -0.39 is 11.7 Å². The molecule has 0 amide bonds. The molecule has 0 aromatic heterocycles. The van der Waals surface area contributed by atoms with Crippen LogP contribution in [0.3, 0.4) is 0 Å². The van der Waals surface area contributed by atoms with Crippen molar-refractivity contribution in [1.29, 1.82) is 0 Å². The van der Waals surface area contributed by atoms with Gasteiger partial charge in [-0.2, -0.15) is 0 Å². The number of nitrogens with zero attached hydrogens (tertiary/aromatic N) is 1. The van der Waals surface area contributed by atoms with Gasteiger partial charge in [-0.1, -0.05) is 0 Å². The van der Waals surface area contributed by atoms with Gasteiger partial charge in [0.1, 0.15) is 11.7 Å². The maximum Gasteiger partial charge on any atom is 0.326 e. The molecule has 1 saturated carbocycles. The van der Waals surface area contributed by atoms with Crippen molar-refractivity contribution in [1.82, 2.24) is 4.90 Å². The first-order valence-corrected chi connectivity index (χ1v) is 5.58. The summed E-state index contributed by atoms with van der Waals surface area (Å²) in [6.07, 6.45) is 2.67. The quantitative estimate of drug-likeness (QED) is 0.611. The Bertz CT molecular complexity index is 316. The van der Waals surface area contributed by atoms with Gasteiger partial charge >= 0.3 is 5.97 Å². The summed E-state index contributed by atoms with van der Waals surface area (Å²) >= 11 is 0. The van der Waals surface area contributed by atoms with Crippen LogP contribution in [0.2, 0.25) is 0 Å². The molecule has 2 saturated heterocycles. The molecule has 1 spiro atoms. The van der Waals surface area contributed by atoms with Crippen LogP contribution < -0.4 is 0 Å². The third-order valence-electron chi connectivity index (χ3n) is 4.30. The van der Waals surface area contributed by atoms with Crippen LogP contribution in [0, 0.1) is 5.41 Å². The van der Waals surface area contributed by atoms with E-state index in [1.165, 1.54) is 20.0 Å². The molecule has 2 heterocycles. The average Bonchev–Trinajstić information content (AvgIpc) is 2.75. The van der Waals surface area contributed by atoms with Gasteiger partial charge in [0, 0.05) is 19.5 Å². The topological polar surface area (TPSA) is 29.5 Å². The predicted octanol–water partition coefficient (Wildman–Crippen LogP) is 1.13. The summed E-state index contributed by atoms with van der Waals surface area (Å²) in [6, 6.07) is 0. The summed E-state index contributed by atoms with van der Waals surface area (Å²) in [7, 11) is 1.40. The Kier molecular flexibility index (Phi) is 1.74. The number of carbonyl (C=O) groups is 1. The Balaban J connectivity index is 1.91. The number of rotatable bonds is 1. The first-order chi connectivity index (χ1) is 7.10. The van der Waals surface area contributed by atoms with Gasteiger partial charge in [-0.25, -0.2) is 4.39 Å². The maximum absolute atomic E-state index is 13.4. The molecular formula is C11H16FNO2. The van der Waals surface area contributed by atoms with Crippen LogP contribution in [0.15, 0.2) is 0 Å². The molecule has 0 aromatic carbocycles. The fourth-order valence-corrected chi connectivity index (χ4v) is 3.44. The molecule has 2 atom stereocenters. The SMILES string of the molecule is COC(=O)C12CC(F)CN1CC1(CC1)C2. The number of fused-ring (bicyclic) bond motifs is 1. The number of methoxy groups -OCH3 is 1. The van der Waals surface area contributed by atoms with Crippen LogP contribution in [0.4, 0.5) is 4.39 Å². The highest BCUT2D eigenvalue weighted by Crippen LogP contribution is 2.61. The summed E-state index contributed by atoms with van der Waals surface area (Å²) in [5.41, 5.74) is -0.293. The van der Waals surface area contributed by atoms with E-state index >= 15 is 0 Å². The minimum absolute atomic E-state index is 0.230. The fourth-order valence-electron chi connectivity index (χ4n) is 3.44. The zero-order valence-electron chi connectivity index (χ0n) is 8.96. The summed E-state index contributed by atoms with van der Waals surface area (Å²) in [5.74, 6) is -0.230. The highest BCUT2D eigenvalue weighted by molar-refractivity contribution is 5.82. The molecule has 2 unspecified atom stereocenters. The highest BCUT2D eigenvalue weighted by Gasteiger charge is 2.65. The van der Waals surface area contributed by atoms with Crippen molar-refractivity contribution in [3.63, 3.8) is 0 Å². The van der Waals surface area contributed by atoms with Crippen LogP contribution >= 0.6 is 0 Å². The number of ether oxygens (including phenoxy) is 1. The van der Waals surface area contributed by atoms with Crippen LogP contribution in [0.25, 0.3) is 0 Å². The third kappa shape index (κ3) is 1.17. The predicted molar refractivity (Wildman–Crippen MR) is 52.1 cm³/mol. The summed E-state index contributed by atoms with van der Waals surface area (Å²) in [5, 5.41) is 0. The van der Waals surface area contributed by atoms with Crippen LogP contribution in [0.1, 0.15) is 25.7 Å². The normalized spacial score (nSPS) is 41.9.